The van der Waals surface area contributed by atoms with Gasteiger partial charge in [0.25, 0.3) is 0 Å². The average Bonchev–Trinajstić information content (AvgIpc) is 2.08. The molecule has 64 valence electrons. The van der Waals surface area contributed by atoms with Gasteiger partial charge in [-0.05, 0) is 20.3 Å². The minimum Gasteiger partial charge on any atom is -0.391 e. The summed E-state index contributed by atoms with van der Waals surface area (Å²) in [6, 6.07) is 0. The SMILES string of the molecule is CC(=O)N1CCC(O)C1(C)C. The summed E-state index contributed by atoms with van der Waals surface area (Å²) in [6.07, 6.45) is 0.332. The van der Waals surface area contributed by atoms with E-state index in [2.05, 4.69) is 0 Å². The van der Waals surface area contributed by atoms with E-state index in [-0.39, 0.29) is 17.6 Å². The Hall–Kier alpha value is -0.570. The van der Waals surface area contributed by atoms with Gasteiger partial charge in [-0.1, -0.05) is 0 Å². The fourth-order valence-corrected chi connectivity index (χ4v) is 1.64. The number of carbonyl (C=O) groups excluding carboxylic acids is 1. The largest absolute Gasteiger partial charge is 0.391 e. The zero-order chi connectivity index (χ0) is 8.65. The molecule has 1 unspecified atom stereocenters. The van der Waals surface area contributed by atoms with Crippen LogP contribution in [-0.4, -0.2) is 34.1 Å². The molecule has 0 spiro atoms. The summed E-state index contributed by atoms with van der Waals surface area (Å²) in [4.78, 5) is 12.7. The van der Waals surface area contributed by atoms with Gasteiger partial charge in [-0.2, -0.15) is 0 Å². The molecule has 0 aromatic carbocycles. The van der Waals surface area contributed by atoms with Gasteiger partial charge in [0.2, 0.25) is 5.91 Å². The van der Waals surface area contributed by atoms with Crippen molar-refractivity contribution in [1.29, 1.82) is 0 Å². The summed E-state index contributed by atoms with van der Waals surface area (Å²) < 4.78 is 0. The smallest absolute Gasteiger partial charge is 0.219 e. The monoisotopic (exact) mass is 157 g/mol. The lowest BCUT2D eigenvalue weighted by molar-refractivity contribution is -0.133. The Bertz CT molecular complexity index is 177. The lowest BCUT2D eigenvalue weighted by Crippen LogP contribution is -2.47. The molecule has 0 aliphatic carbocycles. The fraction of sp³-hybridized carbons (Fsp3) is 0.875. The molecule has 11 heavy (non-hydrogen) atoms. The Labute approximate surface area is 67.0 Å². The molecule has 0 saturated carbocycles. The van der Waals surface area contributed by atoms with Crippen molar-refractivity contribution in [2.24, 2.45) is 0 Å². The van der Waals surface area contributed by atoms with Crippen LogP contribution >= 0.6 is 0 Å². The third-order valence-electron chi connectivity index (χ3n) is 2.52. The highest BCUT2D eigenvalue weighted by Gasteiger charge is 2.41. The number of hydrogen-bond donors (Lipinski definition) is 1. The number of aliphatic hydroxyl groups is 1. The topological polar surface area (TPSA) is 40.5 Å². The van der Waals surface area contributed by atoms with E-state index in [9.17, 15) is 9.90 Å². The lowest BCUT2D eigenvalue weighted by atomic mass is 9.99. The van der Waals surface area contributed by atoms with Crippen molar-refractivity contribution < 1.29 is 9.90 Å². The number of carbonyl (C=O) groups is 1. The molecular weight excluding hydrogens is 142 g/mol. The van der Waals surface area contributed by atoms with Crippen LogP contribution in [0.2, 0.25) is 0 Å². The van der Waals surface area contributed by atoms with Crippen LogP contribution < -0.4 is 0 Å². The Balaban J connectivity index is 2.78. The van der Waals surface area contributed by atoms with Crippen molar-refractivity contribution in [3.8, 4) is 0 Å². The molecule has 1 aliphatic rings. The molecule has 1 fully saturated rings. The Morgan fingerprint density at radius 3 is 2.36 bits per heavy atom. The van der Waals surface area contributed by atoms with Crippen LogP contribution in [0.5, 0.6) is 0 Å². The molecule has 1 N–H and O–H groups in total. The predicted octanol–water partition coefficient (Wildman–Crippen LogP) is 0.378. The first-order valence-electron chi connectivity index (χ1n) is 3.92. The predicted molar refractivity (Wildman–Crippen MR) is 42.1 cm³/mol. The van der Waals surface area contributed by atoms with Crippen molar-refractivity contribution in [3.63, 3.8) is 0 Å². The van der Waals surface area contributed by atoms with Gasteiger partial charge >= 0.3 is 0 Å². The molecule has 0 radical (unpaired) electrons. The Morgan fingerprint density at radius 2 is 2.18 bits per heavy atom. The number of aliphatic hydroxyl groups excluding tert-OH is 1. The molecule has 1 aliphatic heterocycles. The van der Waals surface area contributed by atoms with Gasteiger partial charge in [0, 0.05) is 13.5 Å². The molecule has 1 saturated heterocycles. The summed E-state index contributed by atoms with van der Waals surface area (Å²) in [5, 5.41) is 9.48. The Kier molecular flexibility index (Phi) is 1.92. The van der Waals surface area contributed by atoms with E-state index in [1.54, 1.807) is 11.8 Å². The second kappa shape index (κ2) is 2.48. The van der Waals surface area contributed by atoms with Crippen LogP contribution in [0, 0.1) is 0 Å². The van der Waals surface area contributed by atoms with Crippen LogP contribution in [0.4, 0.5) is 0 Å². The van der Waals surface area contributed by atoms with E-state index in [0.717, 1.165) is 0 Å². The lowest BCUT2D eigenvalue weighted by Gasteiger charge is -2.32. The summed E-state index contributed by atoms with van der Waals surface area (Å²) in [5.41, 5.74) is -0.369. The fourth-order valence-electron chi connectivity index (χ4n) is 1.64. The molecule has 1 heterocycles. The van der Waals surface area contributed by atoms with Gasteiger partial charge in [-0.15, -0.1) is 0 Å². The van der Waals surface area contributed by atoms with E-state index in [4.69, 9.17) is 0 Å². The first-order chi connectivity index (χ1) is 4.96. The maximum Gasteiger partial charge on any atom is 0.219 e. The number of rotatable bonds is 0. The maximum absolute atomic E-state index is 11.0. The number of amides is 1. The van der Waals surface area contributed by atoms with E-state index in [1.165, 1.54) is 0 Å². The van der Waals surface area contributed by atoms with E-state index < -0.39 is 0 Å². The molecule has 3 nitrogen and oxygen atoms in total. The number of hydrogen-bond acceptors (Lipinski definition) is 2. The molecule has 1 amide bonds. The molecule has 0 aromatic heterocycles. The van der Waals surface area contributed by atoms with Gasteiger partial charge < -0.3 is 10.0 Å². The van der Waals surface area contributed by atoms with E-state index in [1.807, 2.05) is 13.8 Å². The quantitative estimate of drug-likeness (QED) is 0.552. The second-order valence-electron chi connectivity index (χ2n) is 3.63. The summed E-state index contributed by atoms with van der Waals surface area (Å²) in [6.45, 7) is 6.02. The molecular formula is C8H15NO2. The van der Waals surface area contributed by atoms with Gasteiger partial charge in [-0.3, -0.25) is 4.79 Å². The van der Waals surface area contributed by atoms with Crippen LogP contribution in [0.25, 0.3) is 0 Å². The van der Waals surface area contributed by atoms with E-state index in [0.29, 0.717) is 13.0 Å². The number of likely N-dealkylation sites (tertiary alicyclic amines) is 1. The molecule has 1 rings (SSSR count). The van der Waals surface area contributed by atoms with Crippen molar-refractivity contribution in [1.82, 2.24) is 4.90 Å². The molecule has 0 bridgehead atoms. The maximum atomic E-state index is 11.0. The highest BCUT2D eigenvalue weighted by molar-refractivity contribution is 5.74. The minimum atomic E-state index is -0.369. The van der Waals surface area contributed by atoms with Crippen LogP contribution in [0.15, 0.2) is 0 Å². The third-order valence-corrected chi connectivity index (χ3v) is 2.52. The van der Waals surface area contributed by atoms with Gasteiger partial charge in [0.15, 0.2) is 0 Å². The second-order valence-corrected chi connectivity index (χ2v) is 3.63. The van der Waals surface area contributed by atoms with Crippen molar-refractivity contribution in [2.45, 2.75) is 38.8 Å². The first-order valence-corrected chi connectivity index (χ1v) is 3.92. The van der Waals surface area contributed by atoms with Crippen LogP contribution in [0.3, 0.4) is 0 Å². The minimum absolute atomic E-state index is 0.0477. The summed E-state index contributed by atoms with van der Waals surface area (Å²) in [5.74, 6) is 0.0477. The van der Waals surface area contributed by atoms with Crippen LogP contribution in [0.1, 0.15) is 27.2 Å². The van der Waals surface area contributed by atoms with Crippen molar-refractivity contribution in [2.75, 3.05) is 6.54 Å². The van der Waals surface area contributed by atoms with Gasteiger partial charge in [0.1, 0.15) is 0 Å². The highest BCUT2D eigenvalue weighted by atomic mass is 16.3. The average molecular weight is 157 g/mol. The first kappa shape index (κ1) is 8.53. The zero-order valence-electron chi connectivity index (χ0n) is 7.29. The van der Waals surface area contributed by atoms with Crippen molar-refractivity contribution in [3.05, 3.63) is 0 Å². The molecule has 1 atom stereocenters. The standard InChI is InChI=1S/C8H15NO2/c1-6(10)9-5-4-7(11)8(9,2)3/h7,11H,4-5H2,1-3H3. The van der Waals surface area contributed by atoms with Crippen molar-refractivity contribution >= 4 is 5.91 Å². The zero-order valence-corrected chi connectivity index (χ0v) is 7.29. The molecule has 3 heteroatoms. The highest BCUT2D eigenvalue weighted by Crippen LogP contribution is 2.28. The third kappa shape index (κ3) is 1.25. The van der Waals surface area contributed by atoms with E-state index >= 15 is 0 Å². The van der Waals surface area contributed by atoms with Gasteiger partial charge in [0.05, 0.1) is 11.6 Å². The normalized spacial score (nSPS) is 29.1. The Morgan fingerprint density at radius 1 is 1.64 bits per heavy atom. The summed E-state index contributed by atoms with van der Waals surface area (Å²) >= 11 is 0. The summed E-state index contributed by atoms with van der Waals surface area (Å²) in [7, 11) is 0. The van der Waals surface area contributed by atoms with Crippen LogP contribution in [-0.2, 0) is 4.79 Å². The number of nitrogens with zero attached hydrogens (tertiary/aromatic N) is 1. The van der Waals surface area contributed by atoms with Gasteiger partial charge in [-0.25, -0.2) is 0 Å². The molecule has 0 aromatic rings.